The summed E-state index contributed by atoms with van der Waals surface area (Å²) >= 11 is 0. The van der Waals surface area contributed by atoms with Gasteiger partial charge in [0.05, 0.1) is 18.6 Å². The number of amides is 1. The number of rotatable bonds is 9. The normalized spacial score (nSPS) is 11.0. The van der Waals surface area contributed by atoms with Crippen LogP contribution in [0.4, 0.5) is 11.4 Å². The van der Waals surface area contributed by atoms with Gasteiger partial charge in [0.1, 0.15) is 12.3 Å². The molecule has 0 radical (unpaired) electrons. The first-order chi connectivity index (χ1) is 14.9. The van der Waals surface area contributed by atoms with E-state index in [0.717, 1.165) is 28.1 Å². The largest absolute Gasteiger partial charge is 0.494 e. The van der Waals surface area contributed by atoms with E-state index in [4.69, 9.17) is 4.74 Å². The zero-order chi connectivity index (χ0) is 22.3. The lowest BCUT2D eigenvalue weighted by molar-refractivity contribution is -0.114. The second kappa shape index (κ2) is 10.1. The van der Waals surface area contributed by atoms with E-state index < -0.39 is 15.9 Å². The molecule has 1 N–H and O–H groups in total. The van der Waals surface area contributed by atoms with Crippen molar-refractivity contribution in [3.8, 4) is 16.9 Å². The third kappa shape index (κ3) is 6.08. The van der Waals surface area contributed by atoms with Gasteiger partial charge in [-0.3, -0.25) is 9.10 Å². The van der Waals surface area contributed by atoms with Gasteiger partial charge in [-0.2, -0.15) is 0 Å². The summed E-state index contributed by atoms with van der Waals surface area (Å²) in [7, 11) is -3.67. The number of nitrogens with zero attached hydrogens (tertiary/aromatic N) is 1. The van der Waals surface area contributed by atoms with E-state index >= 15 is 0 Å². The summed E-state index contributed by atoms with van der Waals surface area (Å²) in [5.74, 6) is 0.223. The number of hydrogen-bond donors (Lipinski definition) is 1. The molecule has 1 amide bonds. The molecule has 3 aromatic rings. The molecule has 0 heterocycles. The average molecular weight is 439 g/mol. The molecule has 7 heteroatoms. The molecule has 0 fully saturated rings. The Morgan fingerprint density at radius 2 is 1.58 bits per heavy atom. The molecular weight excluding hydrogens is 412 g/mol. The highest BCUT2D eigenvalue weighted by Gasteiger charge is 2.21. The van der Waals surface area contributed by atoms with E-state index in [1.54, 1.807) is 30.3 Å². The van der Waals surface area contributed by atoms with Crippen LogP contribution in [0.2, 0.25) is 0 Å². The molecule has 3 aromatic carbocycles. The first-order valence-corrected chi connectivity index (χ1v) is 11.9. The minimum atomic E-state index is -3.67. The summed E-state index contributed by atoms with van der Waals surface area (Å²) < 4.78 is 31.4. The Kier molecular flexibility index (Phi) is 7.31. The van der Waals surface area contributed by atoms with Crippen molar-refractivity contribution in [3.05, 3.63) is 78.9 Å². The maximum absolute atomic E-state index is 12.8. The molecule has 0 unspecified atom stereocenters. The zero-order valence-corrected chi connectivity index (χ0v) is 18.4. The Hall–Kier alpha value is -3.32. The van der Waals surface area contributed by atoms with Gasteiger partial charge in [-0.25, -0.2) is 8.42 Å². The van der Waals surface area contributed by atoms with Crippen molar-refractivity contribution in [2.45, 2.75) is 13.3 Å². The fourth-order valence-corrected chi connectivity index (χ4v) is 3.97. The van der Waals surface area contributed by atoms with Gasteiger partial charge in [0.2, 0.25) is 15.9 Å². The number of sulfonamides is 1. The highest BCUT2D eigenvalue weighted by Crippen LogP contribution is 2.28. The SMILES string of the molecule is CCCOc1ccc(N(CC(=O)Nc2ccccc2-c2ccccc2)S(C)(=O)=O)cc1. The van der Waals surface area contributed by atoms with Crippen LogP contribution in [0.15, 0.2) is 78.9 Å². The molecule has 3 rings (SSSR count). The average Bonchev–Trinajstić information content (AvgIpc) is 2.77. The molecule has 0 bridgehead atoms. The number of para-hydroxylation sites is 1. The predicted octanol–water partition coefficient (Wildman–Crippen LogP) is 4.55. The van der Waals surface area contributed by atoms with Gasteiger partial charge in [-0.05, 0) is 42.3 Å². The second-order valence-electron chi connectivity index (χ2n) is 7.07. The quantitative estimate of drug-likeness (QED) is 0.532. The highest BCUT2D eigenvalue weighted by molar-refractivity contribution is 7.92. The molecular formula is C24H26N2O4S. The van der Waals surface area contributed by atoms with Crippen molar-refractivity contribution in [1.82, 2.24) is 0 Å². The molecule has 162 valence electrons. The lowest BCUT2D eigenvalue weighted by Crippen LogP contribution is -2.37. The number of nitrogens with one attached hydrogen (secondary N) is 1. The smallest absolute Gasteiger partial charge is 0.245 e. The molecule has 0 atom stereocenters. The van der Waals surface area contributed by atoms with Crippen LogP contribution in [0.25, 0.3) is 11.1 Å². The lowest BCUT2D eigenvalue weighted by atomic mass is 10.0. The molecule has 0 aliphatic carbocycles. The first kappa shape index (κ1) is 22.4. The summed E-state index contributed by atoms with van der Waals surface area (Å²) in [6.07, 6.45) is 1.96. The number of carbonyl (C=O) groups is 1. The lowest BCUT2D eigenvalue weighted by Gasteiger charge is -2.22. The number of ether oxygens (including phenoxy) is 1. The van der Waals surface area contributed by atoms with Crippen molar-refractivity contribution in [1.29, 1.82) is 0 Å². The van der Waals surface area contributed by atoms with E-state index in [2.05, 4.69) is 5.32 Å². The minimum Gasteiger partial charge on any atom is -0.494 e. The third-order valence-electron chi connectivity index (χ3n) is 4.57. The summed E-state index contributed by atoms with van der Waals surface area (Å²) in [6.45, 7) is 2.25. The second-order valence-corrected chi connectivity index (χ2v) is 8.98. The molecule has 0 aromatic heterocycles. The third-order valence-corrected chi connectivity index (χ3v) is 5.71. The summed E-state index contributed by atoms with van der Waals surface area (Å²) in [4.78, 5) is 12.8. The molecule has 31 heavy (non-hydrogen) atoms. The Bertz CT molecular complexity index is 1110. The standard InChI is InChI=1S/C24H26N2O4S/c1-3-17-30-21-15-13-20(14-16-21)26(31(2,28)29)18-24(27)25-23-12-8-7-11-22(23)19-9-5-4-6-10-19/h4-16H,3,17-18H2,1-2H3,(H,25,27). The van der Waals surface area contributed by atoms with Gasteiger partial charge in [0.15, 0.2) is 0 Å². The van der Waals surface area contributed by atoms with Crippen LogP contribution in [0.1, 0.15) is 13.3 Å². The van der Waals surface area contributed by atoms with Gasteiger partial charge in [0.25, 0.3) is 0 Å². The highest BCUT2D eigenvalue weighted by atomic mass is 32.2. The first-order valence-electron chi connectivity index (χ1n) is 10.0. The summed E-state index contributed by atoms with van der Waals surface area (Å²) in [5.41, 5.74) is 2.84. The van der Waals surface area contributed by atoms with Crippen LogP contribution in [0.3, 0.4) is 0 Å². The van der Waals surface area contributed by atoms with Crippen molar-refractivity contribution < 1.29 is 17.9 Å². The van der Waals surface area contributed by atoms with Gasteiger partial charge >= 0.3 is 0 Å². The number of benzene rings is 3. The molecule has 0 aliphatic rings. The predicted molar refractivity (Wildman–Crippen MR) is 125 cm³/mol. The minimum absolute atomic E-state index is 0.336. The van der Waals surface area contributed by atoms with E-state index in [1.807, 2.05) is 55.5 Å². The Balaban J connectivity index is 1.79. The van der Waals surface area contributed by atoms with Gasteiger partial charge in [0, 0.05) is 11.3 Å². The van der Waals surface area contributed by atoms with Crippen LogP contribution in [-0.2, 0) is 14.8 Å². The number of carbonyl (C=O) groups excluding carboxylic acids is 1. The van der Waals surface area contributed by atoms with Crippen molar-refractivity contribution in [3.63, 3.8) is 0 Å². The summed E-state index contributed by atoms with van der Waals surface area (Å²) in [5, 5.41) is 2.85. The molecule has 6 nitrogen and oxygen atoms in total. The van der Waals surface area contributed by atoms with Crippen molar-refractivity contribution >= 4 is 27.3 Å². The molecule has 0 aliphatic heterocycles. The maximum Gasteiger partial charge on any atom is 0.245 e. The molecule has 0 spiro atoms. The van der Waals surface area contributed by atoms with Gasteiger partial charge in [-0.15, -0.1) is 0 Å². The molecule has 0 saturated heterocycles. The number of hydrogen-bond acceptors (Lipinski definition) is 4. The van der Waals surface area contributed by atoms with E-state index in [1.165, 1.54) is 0 Å². The van der Waals surface area contributed by atoms with Crippen molar-refractivity contribution in [2.75, 3.05) is 29.0 Å². The topological polar surface area (TPSA) is 75.7 Å². The van der Waals surface area contributed by atoms with Crippen LogP contribution >= 0.6 is 0 Å². The Morgan fingerprint density at radius 3 is 2.23 bits per heavy atom. The van der Waals surface area contributed by atoms with Crippen LogP contribution in [0, 0.1) is 0 Å². The Labute approximate surface area is 183 Å². The monoisotopic (exact) mass is 438 g/mol. The zero-order valence-electron chi connectivity index (χ0n) is 17.6. The van der Waals surface area contributed by atoms with Gasteiger partial charge < -0.3 is 10.1 Å². The fraction of sp³-hybridized carbons (Fsp3) is 0.208. The van der Waals surface area contributed by atoms with E-state index in [0.29, 0.717) is 23.7 Å². The van der Waals surface area contributed by atoms with Crippen LogP contribution in [-0.4, -0.2) is 33.7 Å². The fourth-order valence-electron chi connectivity index (χ4n) is 3.11. The van der Waals surface area contributed by atoms with Crippen LogP contribution < -0.4 is 14.4 Å². The maximum atomic E-state index is 12.8. The number of anilines is 2. The van der Waals surface area contributed by atoms with Crippen LogP contribution in [0.5, 0.6) is 5.75 Å². The van der Waals surface area contributed by atoms with E-state index in [9.17, 15) is 13.2 Å². The Morgan fingerprint density at radius 1 is 0.935 bits per heavy atom. The van der Waals surface area contributed by atoms with Gasteiger partial charge in [-0.1, -0.05) is 55.5 Å². The van der Waals surface area contributed by atoms with E-state index in [-0.39, 0.29) is 6.54 Å². The van der Waals surface area contributed by atoms with Crippen molar-refractivity contribution in [2.24, 2.45) is 0 Å². The molecule has 0 saturated carbocycles. The summed E-state index contributed by atoms with van der Waals surface area (Å²) in [6, 6.07) is 23.8.